The Balaban J connectivity index is 1.68. The zero-order chi connectivity index (χ0) is 24.0. The van der Waals surface area contributed by atoms with Gasteiger partial charge in [0, 0.05) is 3.57 Å². The molecule has 1 amide bonds. The summed E-state index contributed by atoms with van der Waals surface area (Å²) in [7, 11) is 0. The molecule has 1 unspecified atom stereocenters. The summed E-state index contributed by atoms with van der Waals surface area (Å²) in [6.07, 6.45) is -1.06. The number of carbonyl (C=O) groups is 1. The van der Waals surface area contributed by atoms with Crippen LogP contribution in [0.15, 0.2) is 60.7 Å². The molecule has 0 spiro atoms. The van der Waals surface area contributed by atoms with Gasteiger partial charge in [0.25, 0.3) is 5.91 Å². The summed E-state index contributed by atoms with van der Waals surface area (Å²) in [5.74, 6) is -2.68. The Morgan fingerprint density at radius 3 is 2.58 bits per heavy atom. The fraction of sp³-hybridized carbons (Fsp3) is 0.136. The number of nitrogens with zero attached hydrogens (tertiary/aromatic N) is 1. The van der Waals surface area contributed by atoms with E-state index in [0.717, 1.165) is 15.7 Å². The second-order valence-electron chi connectivity index (χ2n) is 6.66. The standard InChI is InChI=1S/C22H17BrClF2IN2O4/c23-29(33-12-14(30)11-32-15-4-2-1-3-5-15)22(31)16-7-8-18(25)20(26)21(16)28-19-9-6-13(27)10-17(19)24/h1-10,14,28,30H,11-12H2. The quantitative estimate of drug-likeness (QED) is 0.166. The SMILES string of the molecule is O=C(c1ccc(F)c(F)c1Nc1ccc(I)cc1Cl)N(Br)OCC(O)COc1ccccc1. The maximum Gasteiger partial charge on any atom is 0.290 e. The van der Waals surface area contributed by atoms with Gasteiger partial charge >= 0.3 is 0 Å². The fourth-order valence-corrected chi connectivity index (χ4v) is 3.85. The Morgan fingerprint density at radius 1 is 1.15 bits per heavy atom. The molecule has 0 aliphatic heterocycles. The summed E-state index contributed by atoms with van der Waals surface area (Å²) in [6.45, 7) is -0.387. The number of nitrogens with one attached hydrogen (secondary N) is 1. The van der Waals surface area contributed by atoms with Gasteiger partial charge in [-0.3, -0.25) is 9.63 Å². The first-order chi connectivity index (χ1) is 15.8. The minimum atomic E-state index is -1.26. The zero-order valence-corrected chi connectivity index (χ0v) is 21.3. The number of hydroxylamine groups is 1. The predicted molar refractivity (Wildman–Crippen MR) is 133 cm³/mol. The van der Waals surface area contributed by atoms with E-state index in [4.69, 9.17) is 21.2 Å². The van der Waals surface area contributed by atoms with E-state index >= 15 is 0 Å². The van der Waals surface area contributed by atoms with Gasteiger partial charge in [-0.2, -0.15) is 0 Å². The van der Waals surface area contributed by atoms with Gasteiger partial charge < -0.3 is 15.2 Å². The largest absolute Gasteiger partial charge is 0.491 e. The number of para-hydroxylation sites is 1. The summed E-state index contributed by atoms with van der Waals surface area (Å²) in [5, 5.41) is 13.0. The molecule has 3 aromatic rings. The average Bonchev–Trinajstić information content (AvgIpc) is 2.81. The van der Waals surface area contributed by atoms with Gasteiger partial charge in [0.1, 0.15) is 25.1 Å². The number of rotatable bonds is 9. The van der Waals surface area contributed by atoms with Crippen LogP contribution in [0.3, 0.4) is 0 Å². The van der Waals surface area contributed by atoms with Gasteiger partial charge in [0.05, 0.1) is 38.1 Å². The highest BCUT2D eigenvalue weighted by Crippen LogP contribution is 2.32. The van der Waals surface area contributed by atoms with Crippen LogP contribution < -0.4 is 10.1 Å². The number of ether oxygens (including phenoxy) is 1. The van der Waals surface area contributed by atoms with Gasteiger partial charge in [-0.1, -0.05) is 29.8 Å². The first kappa shape index (κ1) is 25.6. The number of carbonyl (C=O) groups excluding carboxylic acids is 1. The third-order valence-electron chi connectivity index (χ3n) is 4.24. The van der Waals surface area contributed by atoms with Crippen molar-refractivity contribution in [3.05, 3.63) is 86.5 Å². The minimum Gasteiger partial charge on any atom is -0.491 e. The monoisotopic (exact) mass is 652 g/mol. The van der Waals surface area contributed by atoms with Crippen LogP contribution in [0.2, 0.25) is 5.02 Å². The maximum atomic E-state index is 14.6. The van der Waals surface area contributed by atoms with Crippen molar-refractivity contribution < 1.29 is 28.3 Å². The Labute approximate surface area is 215 Å². The number of aliphatic hydroxyl groups excluding tert-OH is 1. The van der Waals surface area contributed by atoms with E-state index in [1.165, 1.54) is 0 Å². The molecule has 0 aliphatic carbocycles. The number of benzene rings is 3. The van der Waals surface area contributed by atoms with Gasteiger partial charge in [-0.15, -0.1) is 4.09 Å². The van der Waals surface area contributed by atoms with E-state index in [2.05, 4.69) is 44.1 Å². The van der Waals surface area contributed by atoms with Crippen molar-refractivity contribution in [1.82, 2.24) is 4.09 Å². The summed E-state index contributed by atoms with van der Waals surface area (Å²) >= 11 is 11.2. The molecule has 3 rings (SSSR count). The van der Waals surface area contributed by atoms with Gasteiger partial charge in [0.15, 0.2) is 11.6 Å². The zero-order valence-electron chi connectivity index (χ0n) is 16.8. The van der Waals surface area contributed by atoms with Gasteiger partial charge in [-0.25, -0.2) is 8.78 Å². The molecular formula is C22H17BrClF2IN2O4. The van der Waals surface area contributed by atoms with Crippen LogP contribution in [-0.2, 0) is 4.84 Å². The van der Waals surface area contributed by atoms with Crippen molar-refractivity contribution in [2.75, 3.05) is 18.5 Å². The molecule has 0 fully saturated rings. The van der Waals surface area contributed by atoms with Crippen molar-refractivity contribution >= 4 is 67.6 Å². The molecule has 2 N–H and O–H groups in total. The van der Waals surface area contributed by atoms with Gasteiger partial charge in [-0.05, 0) is 65.1 Å². The third-order valence-corrected chi connectivity index (χ3v) is 5.75. The Kier molecular flexibility index (Phi) is 9.27. The van der Waals surface area contributed by atoms with Crippen LogP contribution in [0, 0.1) is 15.2 Å². The highest BCUT2D eigenvalue weighted by Gasteiger charge is 2.24. The van der Waals surface area contributed by atoms with E-state index in [1.54, 1.807) is 42.5 Å². The molecule has 0 saturated carbocycles. The number of hydrogen-bond acceptors (Lipinski definition) is 5. The van der Waals surface area contributed by atoms with Crippen molar-refractivity contribution in [3.8, 4) is 5.75 Å². The number of aliphatic hydroxyl groups is 1. The lowest BCUT2D eigenvalue weighted by molar-refractivity contribution is -0.0857. The van der Waals surface area contributed by atoms with Gasteiger partial charge in [0.2, 0.25) is 0 Å². The summed E-state index contributed by atoms with van der Waals surface area (Å²) in [4.78, 5) is 18.1. The molecule has 0 bridgehead atoms. The second-order valence-corrected chi connectivity index (χ2v) is 8.95. The van der Waals surface area contributed by atoms with E-state index in [1.807, 2.05) is 6.07 Å². The van der Waals surface area contributed by atoms with Crippen LogP contribution >= 0.6 is 50.3 Å². The van der Waals surface area contributed by atoms with E-state index in [9.17, 15) is 18.7 Å². The highest BCUT2D eigenvalue weighted by atomic mass is 127. The molecular weight excluding hydrogens is 637 g/mol. The third kappa shape index (κ3) is 7.00. The Morgan fingerprint density at radius 2 is 1.88 bits per heavy atom. The molecule has 0 saturated heterocycles. The molecule has 33 heavy (non-hydrogen) atoms. The summed E-state index contributed by atoms with van der Waals surface area (Å²) in [5.41, 5.74) is -0.356. The van der Waals surface area contributed by atoms with Crippen molar-refractivity contribution in [2.45, 2.75) is 6.10 Å². The lowest BCUT2D eigenvalue weighted by Gasteiger charge is -2.19. The van der Waals surface area contributed by atoms with Crippen LogP contribution in [0.4, 0.5) is 20.2 Å². The topological polar surface area (TPSA) is 71.0 Å². The highest BCUT2D eigenvalue weighted by molar-refractivity contribution is 14.1. The fourth-order valence-electron chi connectivity index (χ4n) is 2.64. The minimum absolute atomic E-state index is 0.0810. The first-order valence-corrected chi connectivity index (χ1v) is 11.6. The summed E-state index contributed by atoms with van der Waals surface area (Å²) < 4.78 is 35.4. The normalized spacial score (nSPS) is 11.7. The lowest BCUT2D eigenvalue weighted by Crippen LogP contribution is -2.30. The average molecular weight is 654 g/mol. The van der Waals surface area contributed by atoms with Crippen LogP contribution in [0.5, 0.6) is 5.75 Å². The molecule has 11 heteroatoms. The number of amides is 1. The molecule has 0 heterocycles. The van der Waals surface area contributed by atoms with Crippen LogP contribution in [-0.4, -0.2) is 34.4 Å². The molecule has 0 radical (unpaired) electrons. The van der Waals surface area contributed by atoms with Crippen molar-refractivity contribution in [3.63, 3.8) is 0 Å². The smallest absolute Gasteiger partial charge is 0.290 e. The van der Waals surface area contributed by atoms with Crippen LogP contribution in [0.1, 0.15) is 10.4 Å². The molecule has 3 aromatic carbocycles. The second kappa shape index (κ2) is 11.9. The number of hydrogen-bond donors (Lipinski definition) is 2. The Bertz CT molecular complexity index is 1130. The summed E-state index contributed by atoms with van der Waals surface area (Å²) in [6, 6.07) is 15.7. The first-order valence-electron chi connectivity index (χ1n) is 9.45. The predicted octanol–water partition coefficient (Wildman–Crippen LogP) is 6.09. The Hall–Kier alpha value is -1.99. The van der Waals surface area contributed by atoms with Crippen LogP contribution in [0.25, 0.3) is 0 Å². The molecule has 1 atom stereocenters. The maximum absolute atomic E-state index is 14.6. The van der Waals surface area contributed by atoms with E-state index in [0.29, 0.717) is 9.84 Å². The van der Waals surface area contributed by atoms with E-state index in [-0.39, 0.29) is 29.5 Å². The van der Waals surface area contributed by atoms with E-state index < -0.39 is 29.3 Å². The molecule has 0 aromatic heterocycles. The number of anilines is 2. The molecule has 174 valence electrons. The van der Waals surface area contributed by atoms with Crippen molar-refractivity contribution in [2.24, 2.45) is 0 Å². The molecule has 6 nitrogen and oxygen atoms in total. The number of halogens is 5. The molecule has 0 aliphatic rings. The lowest BCUT2D eigenvalue weighted by atomic mass is 10.1. The van der Waals surface area contributed by atoms with Crippen molar-refractivity contribution in [1.29, 1.82) is 0 Å².